The molecule has 0 spiro atoms. The van der Waals surface area contributed by atoms with E-state index in [2.05, 4.69) is 49.5 Å². The summed E-state index contributed by atoms with van der Waals surface area (Å²) in [7, 11) is 0. The Kier molecular flexibility index (Phi) is 5.05. The SMILES string of the molecule is CCCC(C)C(Nc1ccc(N)cc1)c1ccccc1. The van der Waals surface area contributed by atoms with E-state index in [4.69, 9.17) is 5.73 Å². The van der Waals surface area contributed by atoms with E-state index in [1.54, 1.807) is 0 Å². The highest BCUT2D eigenvalue weighted by Crippen LogP contribution is 2.29. The quantitative estimate of drug-likeness (QED) is 0.734. The van der Waals surface area contributed by atoms with Crippen LogP contribution < -0.4 is 11.1 Å². The molecule has 0 bridgehead atoms. The summed E-state index contributed by atoms with van der Waals surface area (Å²) in [5.41, 5.74) is 9.01. The molecule has 0 radical (unpaired) electrons. The maximum absolute atomic E-state index is 5.75. The van der Waals surface area contributed by atoms with Crippen molar-refractivity contribution in [1.82, 2.24) is 0 Å². The number of nitrogen functional groups attached to an aromatic ring is 1. The standard InChI is InChI=1S/C18H24N2/c1-3-7-14(2)18(15-8-5-4-6-9-15)20-17-12-10-16(19)11-13-17/h4-6,8-14,18,20H,3,7,19H2,1-2H3. The zero-order chi connectivity index (χ0) is 14.4. The first-order valence-electron chi connectivity index (χ1n) is 7.37. The lowest BCUT2D eigenvalue weighted by atomic mass is 9.91. The third-order valence-corrected chi connectivity index (χ3v) is 3.70. The summed E-state index contributed by atoms with van der Waals surface area (Å²) in [5.74, 6) is 0.583. The van der Waals surface area contributed by atoms with E-state index in [0.29, 0.717) is 12.0 Å². The minimum atomic E-state index is 0.333. The molecule has 2 atom stereocenters. The van der Waals surface area contributed by atoms with Gasteiger partial charge in [-0.2, -0.15) is 0 Å². The molecule has 0 aliphatic carbocycles. The number of benzene rings is 2. The molecule has 20 heavy (non-hydrogen) atoms. The van der Waals surface area contributed by atoms with E-state index >= 15 is 0 Å². The maximum atomic E-state index is 5.75. The Bertz CT molecular complexity index is 505. The molecule has 2 aromatic carbocycles. The summed E-state index contributed by atoms with van der Waals surface area (Å²) in [5, 5.41) is 3.65. The van der Waals surface area contributed by atoms with E-state index < -0.39 is 0 Å². The minimum Gasteiger partial charge on any atom is -0.399 e. The van der Waals surface area contributed by atoms with Crippen LogP contribution in [0, 0.1) is 5.92 Å². The summed E-state index contributed by atoms with van der Waals surface area (Å²) in [4.78, 5) is 0. The van der Waals surface area contributed by atoms with E-state index in [1.165, 1.54) is 18.4 Å². The number of hydrogen-bond donors (Lipinski definition) is 2. The molecule has 2 unspecified atom stereocenters. The second-order valence-corrected chi connectivity index (χ2v) is 5.42. The second kappa shape index (κ2) is 6.99. The van der Waals surface area contributed by atoms with Gasteiger partial charge in [-0.15, -0.1) is 0 Å². The topological polar surface area (TPSA) is 38.0 Å². The fraction of sp³-hybridized carbons (Fsp3) is 0.333. The molecule has 2 heteroatoms. The average molecular weight is 268 g/mol. The van der Waals surface area contributed by atoms with E-state index in [9.17, 15) is 0 Å². The first kappa shape index (κ1) is 14.4. The van der Waals surface area contributed by atoms with Crippen molar-refractivity contribution in [2.75, 3.05) is 11.1 Å². The number of nitrogens with one attached hydrogen (secondary N) is 1. The van der Waals surface area contributed by atoms with Crippen LogP contribution in [0.4, 0.5) is 11.4 Å². The molecule has 0 fully saturated rings. The van der Waals surface area contributed by atoms with E-state index in [1.807, 2.05) is 24.3 Å². The Morgan fingerprint density at radius 2 is 1.65 bits per heavy atom. The molecule has 2 rings (SSSR count). The molecule has 2 nitrogen and oxygen atoms in total. The lowest BCUT2D eigenvalue weighted by Crippen LogP contribution is -2.18. The molecule has 0 aliphatic heterocycles. The van der Waals surface area contributed by atoms with Crippen molar-refractivity contribution in [2.24, 2.45) is 5.92 Å². The highest BCUT2D eigenvalue weighted by atomic mass is 14.9. The van der Waals surface area contributed by atoms with Crippen LogP contribution in [0.1, 0.15) is 38.3 Å². The van der Waals surface area contributed by atoms with Crippen LogP contribution in [0.25, 0.3) is 0 Å². The summed E-state index contributed by atoms with van der Waals surface area (Å²) in [6.45, 7) is 4.55. The van der Waals surface area contributed by atoms with Gasteiger partial charge < -0.3 is 11.1 Å². The van der Waals surface area contributed by atoms with Crippen molar-refractivity contribution in [3.05, 3.63) is 60.2 Å². The van der Waals surface area contributed by atoms with Crippen LogP contribution in [0.15, 0.2) is 54.6 Å². The maximum Gasteiger partial charge on any atom is 0.0539 e. The van der Waals surface area contributed by atoms with E-state index in [0.717, 1.165) is 11.4 Å². The highest BCUT2D eigenvalue weighted by Gasteiger charge is 2.18. The predicted molar refractivity (Wildman–Crippen MR) is 87.7 cm³/mol. The Balaban J connectivity index is 2.20. The normalized spacial score (nSPS) is 13.7. The molecule has 0 saturated heterocycles. The molecule has 0 aromatic heterocycles. The summed E-state index contributed by atoms with van der Waals surface area (Å²) in [6, 6.07) is 19.0. The zero-order valence-corrected chi connectivity index (χ0v) is 12.3. The first-order valence-corrected chi connectivity index (χ1v) is 7.37. The van der Waals surface area contributed by atoms with Gasteiger partial charge >= 0.3 is 0 Å². The predicted octanol–water partition coefficient (Wildman–Crippen LogP) is 4.86. The second-order valence-electron chi connectivity index (χ2n) is 5.42. The third kappa shape index (κ3) is 3.77. The van der Waals surface area contributed by atoms with Crippen molar-refractivity contribution < 1.29 is 0 Å². The van der Waals surface area contributed by atoms with Crippen molar-refractivity contribution in [3.8, 4) is 0 Å². The third-order valence-electron chi connectivity index (χ3n) is 3.70. The van der Waals surface area contributed by atoms with Gasteiger partial charge in [-0.25, -0.2) is 0 Å². The molecule has 0 aliphatic rings. The molecule has 0 heterocycles. The molecule has 106 valence electrons. The van der Waals surface area contributed by atoms with Crippen LogP contribution in [0.2, 0.25) is 0 Å². The number of anilines is 2. The van der Waals surface area contributed by atoms with E-state index in [-0.39, 0.29) is 0 Å². The van der Waals surface area contributed by atoms with Crippen LogP contribution in [0.3, 0.4) is 0 Å². The first-order chi connectivity index (χ1) is 9.70. The molecule has 0 amide bonds. The van der Waals surface area contributed by atoms with Crippen LogP contribution in [-0.2, 0) is 0 Å². The number of hydrogen-bond acceptors (Lipinski definition) is 2. The van der Waals surface area contributed by atoms with Crippen molar-refractivity contribution >= 4 is 11.4 Å². The summed E-state index contributed by atoms with van der Waals surface area (Å²) < 4.78 is 0. The Hall–Kier alpha value is -1.96. The summed E-state index contributed by atoms with van der Waals surface area (Å²) in [6.07, 6.45) is 2.41. The Morgan fingerprint density at radius 3 is 2.25 bits per heavy atom. The van der Waals surface area contributed by atoms with Gasteiger partial charge in [0.2, 0.25) is 0 Å². The smallest absolute Gasteiger partial charge is 0.0539 e. The minimum absolute atomic E-state index is 0.333. The van der Waals surface area contributed by atoms with Crippen LogP contribution in [-0.4, -0.2) is 0 Å². The lowest BCUT2D eigenvalue weighted by molar-refractivity contribution is 0.456. The molecular weight excluding hydrogens is 244 g/mol. The molecule has 2 aromatic rings. The van der Waals surface area contributed by atoms with Crippen molar-refractivity contribution in [3.63, 3.8) is 0 Å². The van der Waals surface area contributed by atoms with Gasteiger partial charge in [0.05, 0.1) is 6.04 Å². The fourth-order valence-electron chi connectivity index (χ4n) is 2.60. The monoisotopic (exact) mass is 268 g/mol. The summed E-state index contributed by atoms with van der Waals surface area (Å²) >= 11 is 0. The number of nitrogens with two attached hydrogens (primary N) is 1. The molecular formula is C18H24N2. The average Bonchev–Trinajstić information content (AvgIpc) is 2.48. The Morgan fingerprint density at radius 1 is 1.00 bits per heavy atom. The van der Waals surface area contributed by atoms with Gasteiger partial charge in [0, 0.05) is 11.4 Å². The van der Waals surface area contributed by atoms with Gasteiger partial charge in [-0.1, -0.05) is 50.6 Å². The molecule has 0 saturated carbocycles. The lowest BCUT2D eigenvalue weighted by Gasteiger charge is -2.26. The van der Waals surface area contributed by atoms with Gasteiger partial charge in [0.1, 0.15) is 0 Å². The largest absolute Gasteiger partial charge is 0.399 e. The Labute approximate surface area is 122 Å². The number of rotatable bonds is 6. The van der Waals surface area contributed by atoms with Gasteiger partial charge in [-0.05, 0) is 42.2 Å². The van der Waals surface area contributed by atoms with Gasteiger partial charge in [0.15, 0.2) is 0 Å². The highest BCUT2D eigenvalue weighted by molar-refractivity contribution is 5.52. The molecule has 3 N–H and O–H groups in total. The van der Waals surface area contributed by atoms with Crippen LogP contribution >= 0.6 is 0 Å². The van der Waals surface area contributed by atoms with Crippen molar-refractivity contribution in [2.45, 2.75) is 32.7 Å². The fourth-order valence-corrected chi connectivity index (χ4v) is 2.60. The van der Waals surface area contributed by atoms with Gasteiger partial charge in [-0.3, -0.25) is 0 Å². The van der Waals surface area contributed by atoms with Crippen molar-refractivity contribution in [1.29, 1.82) is 0 Å². The van der Waals surface area contributed by atoms with Crippen LogP contribution in [0.5, 0.6) is 0 Å². The zero-order valence-electron chi connectivity index (χ0n) is 12.3. The van der Waals surface area contributed by atoms with Gasteiger partial charge in [0.25, 0.3) is 0 Å².